The SMILES string of the molecule is CC1CN(C(=O)c2ccc(NC(=O)CC(C)(C)C(=O)O)cc2)CC(C)O1. The van der Waals surface area contributed by atoms with Gasteiger partial charge in [0.05, 0.1) is 17.6 Å². The van der Waals surface area contributed by atoms with Crippen molar-refractivity contribution in [3.8, 4) is 0 Å². The molecular weight excluding hydrogens is 336 g/mol. The molecular formula is C19H26N2O5. The number of hydrogen-bond acceptors (Lipinski definition) is 4. The molecule has 2 atom stereocenters. The van der Waals surface area contributed by atoms with E-state index in [2.05, 4.69) is 5.32 Å². The van der Waals surface area contributed by atoms with Crippen LogP contribution in [-0.4, -0.2) is 53.1 Å². The first-order valence-electron chi connectivity index (χ1n) is 8.66. The first-order valence-corrected chi connectivity index (χ1v) is 8.66. The van der Waals surface area contributed by atoms with Crippen LogP contribution in [0.3, 0.4) is 0 Å². The van der Waals surface area contributed by atoms with Crippen molar-refractivity contribution in [2.45, 2.75) is 46.3 Å². The lowest BCUT2D eigenvalue weighted by molar-refractivity contribution is -0.148. The lowest BCUT2D eigenvalue weighted by Crippen LogP contribution is -2.48. The summed E-state index contributed by atoms with van der Waals surface area (Å²) in [6.45, 7) is 7.97. The number of aliphatic carboxylic acids is 1. The summed E-state index contributed by atoms with van der Waals surface area (Å²) < 4.78 is 5.64. The topological polar surface area (TPSA) is 95.9 Å². The van der Waals surface area contributed by atoms with Gasteiger partial charge in [0, 0.05) is 30.8 Å². The van der Waals surface area contributed by atoms with Gasteiger partial charge in [-0.1, -0.05) is 0 Å². The van der Waals surface area contributed by atoms with Gasteiger partial charge in [0.1, 0.15) is 0 Å². The van der Waals surface area contributed by atoms with E-state index in [1.165, 1.54) is 13.8 Å². The van der Waals surface area contributed by atoms with Crippen LogP contribution in [0.15, 0.2) is 24.3 Å². The number of benzene rings is 1. The van der Waals surface area contributed by atoms with Crippen LogP contribution in [-0.2, 0) is 14.3 Å². The number of carboxylic acids is 1. The quantitative estimate of drug-likeness (QED) is 0.838. The molecule has 1 aromatic carbocycles. The second-order valence-electron chi connectivity index (χ2n) is 7.46. The molecule has 1 heterocycles. The van der Waals surface area contributed by atoms with Crippen LogP contribution in [0.2, 0.25) is 0 Å². The van der Waals surface area contributed by atoms with Crippen LogP contribution < -0.4 is 5.32 Å². The van der Waals surface area contributed by atoms with E-state index in [-0.39, 0.29) is 30.4 Å². The number of morpholine rings is 1. The van der Waals surface area contributed by atoms with Gasteiger partial charge >= 0.3 is 5.97 Å². The maximum Gasteiger partial charge on any atom is 0.309 e. The fourth-order valence-corrected chi connectivity index (χ4v) is 2.90. The van der Waals surface area contributed by atoms with Crippen LogP contribution in [0.4, 0.5) is 5.69 Å². The van der Waals surface area contributed by atoms with Crippen molar-refractivity contribution in [2.24, 2.45) is 5.41 Å². The first-order chi connectivity index (χ1) is 12.1. The minimum atomic E-state index is -1.14. The zero-order valence-corrected chi connectivity index (χ0v) is 15.6. The Balaban J connectivity index is 1.98. The van der Waals surface area contributed by atoms with Gasteiger partial charge in [-0.3, -0.25) is 14.4 Å². The van der Waals surface area contributed by atoms with E-state index in [9.17, 15) is 14.4 Å². The summed E-state index contributed by atoms with van der Waals surface area (Å²) in [7, 11) is 0. The highest BCUT2D eigenvalue weighted by Gasteiger charge is 2.30. The van der Waals surface area contributed by atoms with Gasteiger partial charge in [-0.05, 0) is 52.0 Å². The van der Waals surface area contributed by atoms with E-state index >= 15 is 0 Å². The molecule has 7 heteroatoms. The number of rotatable bonds is 5. The van der Waals surface area contributed by atoms with E-state index in [0.717, 1.165) is 0 Å². The van der Waals surface area contributed by atoms with Crippen molar-refractivity contribution < 1.29 is 24.2 Å². The third-order valence-corrected chi connectivity index (χ3v) is 4.30. The Bertz CT molecular complexity index is 674. The molecule has 2 N–H and O–H groups in total. The largest absolute Gasteiger partial charge is 0.481 e. The van der Waals surface area contributed by atoms with E-state index < -0.39 is 11.4 Å². The number of ether oxygens (including phenoxy) is 1. The third kappa shape index (κ3) is 5.05. The van der Waals surface area contributed by atoms with Crippen LogP contribution in [0.25, 0.3) is 0 Å². The third-order valence-electron chi connectivity index (χ3n) is 4.30. The van der Waals surface area contributed by atoms with E-state index in [1.54, 1.807) is 29.2 Å². The number of nitrogens with zero attached hydrogens (tertiary/aromatic N) is 1. The van der Waals surface area contributed by atoms with Crippen molar-refractivity contribution in [3.63, 3.8) is 0 Å². The monoisotopic (exact) mass is 362 g/mol. The van der Waals surface area contributed by atoms with Crippen LogP contribution in [0.1, 0.15) is 44.5 Å². The average molecular weight is 362 g/mol. The summed E-state index contributed by atoms with van der Waals surface area (Å²) in [5.74, 6) is -1.48. The number of anilines is 1. The highest BCUT2D eigenvalue weighted by molar-refractivity contribution is 5.96. The Kier molecular flexibility index (Phi) is 6.02. The van der Waals surface area contributed by atoms with Gasteiger partial charge in [0.25, 0.3) is 5.91 Å². The number of hydrogen-bond donors (Lipinski definition) is 2. The fraction of sp³-hybridized carbons (Fsp3) is 0.526. The Morgan fingerprint density at radius 3 is 2.19 bits per heavy atom. The van der Waals surface area contributed by atoms with Crippen molar-refractivity contribution in [1.29, 1.82) is 0 Å². The lowest BCUT2D eigenvalue weighted by Gasteiger charge is -2.35. The van der Waals surface area contributed by atoms with Gasteiger partial charge in [-0.2, -0.15) is 0 Å². The lowest BCUT2D eigenvalue weighted by atomic mass is 9.89. The summed E-state index contributed by atoms with van der Waals surface area (Å²) in [6, 6.07) is 6.61. The van der Waals surface area contributed by atoms with Crippen LogP contribution in [0, 0.1) is 5.41 Å². The summed E-state index contributed by atoms with van der Waals surface area (Å²) in [5.41, 5.74) is -0.0735. The molecule has 2 unspecified atom stereocenters. The molecule has 1 aromatic rings. The smallest absolute Gasteiger partial charge is 0.309 e. The van der Waals surface area contributed by atoms with E-state index in [0.29, 0.717) is 24.3 Å². The standard InChI is InChI=1S/C19H26N2O5/c1-12-10-21(11-13(2)26-12)17(23)14-5-7-15(8-6-14)20-16(22)9-19(3,4)18(24)25/h5-8,12-13H,9-11H2,1-4H3,(H,20,22)(H,24,25). The van der Waals surface area contributed by atoms with Crippen molar-refractivity contribution >= 4 is 23.5 Å². The highest BCUT2D eigenvalue weighted by Crippen LogP contribution is 2.22. The van der Waals surface area contributed by atoms with Crippen molar-refractivity contribution in [2.75, 3.05) is 18.4 Å². The molecule has 1 fully saturated rings. The van der Waals surface area contributed by atoms with Crippen molar-refractivity contribution in [3.05, 3.63) is 29.8 Å². The maximum atomic E-state index is 12.6. The Morgan fingerprint density at radius 1 is 1.15 bits per heavy atom. The zero-order chi connectivity index (χ0) is 19.5. The van der Waals surface area contributed by atoms with Crippen LogP contribution >= 0.6 is 0 Å². The molecule has 2 rings (SSSR count). The summed E-state index contributed by atoms with van der Waals surface area (Å²) in [6.07, 6.45) is -0.134. The normalized spacial score (nSPS) is 20.5. The molecule has 0 saturated carbocycles. The second-order valence-corrected chi connectivity index (χ2v) is 7.46. The Labute approximate surface area is 153 Å². The van der Waals surface area contributed by atoms with Gasteiger partial charge in [0.15, 0.2) is 0 Å². The zero-order valence-electron chi connectivity index (χ0n) is 15.6. The number of amides is 2. The van der Waals surface area contributed by atoms with Gasteiger partial charge in [-0.25, -0.2) is 0 Å². The molecule has 0 bridgehead atoms. The van der Waals surface area contributed by atoms with E-state index in [1.807, 2.05) is 13.8 Å². The molecule has 7 nitrogen and oxygen atoms in total. The molecule has 26 heavy (non-hydrogen) atoms. The Morgan fingerprint density at radius 2 is 1.69 bits per heavy atom. The first kappa shape index (κ1) is 19.9. The molecule has 0 aromatic heterocycles. The molecule has 1 aliphatic rings. The predicted molar refractivity (Wildman–Crippen MR) is 97.0 cm³/mol. The van der Waals surface area contributed by atoms with Gasteiger partial charge in [-0.15, -0.1) is 0 Å². The molecule has 0 radical (unpaired) electrons. The van der Waals surface area contributed by atoms with Crippen molar-refractivity contribution in [1.82, 2.24) is 4.90 Å². The van der Waals surface area contributed by atoms with E-state index in [4.69, 9.17) is 9.84 Å². The van der Waals surface area contributed by atoms with Gasteiger partial charge < -0.3 is 20.1 Å². The minimum absolute atomic E-state index is 0.00106. The molecule has 2 amide bonds. The maximum absolute atomic E-state index is 12.6. The predicted octanol–water partition coefficient (Wildman–Crippen LogP) is 2.38. The molecule has 0 spiro atoms. The minimum Gasteiger partial charge on any atom is -0.481 e. The summed E-state index contributed by atoms with van der Waals surface area (Å²) >= 11 is 0. The Hall–Kier alpha value is -2.41. The number of carbonyl (C=O) groups excluding carboxylic acids is 2. The number of nitrogens with one attached hydrogen (secondary N) is 1. The highest BCUT2D eigenvalue weighted by atomic mass is 16.5. The van der Waals surface area contributed by atoms with Gasteiger partial charge in [0.2, 0.25) is 5.91 Å². The summed E-state index contributed by atoms with van der Waals surface area (Å²) in [4.78, 5) is 37.5. The molecule has 142 valence electrons. The average Bonchev–Trinajstić information content (AvgIpc) is 2.53. The number of carbonyl (C=O) groups is 3. The second kappa shape index (κ2) is 7.86. The fourth-order valence-electron chi connectivity index (χ4n) is 2.90. The molecule has 0 aliphatic carbocycles. The molecule has 1 saturated heterocycles. The molecule has 1 aliphatic heterocycles. The number of carboxylic acid groups (broad SMARTS) is 1. The summed E-state index contributed by atoms with van der Waals surface area (Å²) in [5, 5.41) is 11.7. The van der Waals surface area contributed by atoms with Crippen LogP contribution in [0.5, 0.6) is 0 Å².